The number of ether oxygens (including phenoxy) is 2. The van der Waals surface area contributed by atoms with Gasteiger partial charge in [-0.3, -0.25) is 0 Å². The summed E-state index contributed by atoms with van der Waals surface area (Å²) in [4.78, 5) is 0. The van der Waals surface area contributed by atoms with Crippen LogP contribution in [-0.4, -0.2) is 32.4 Å². The lowest BCUT2D eigenvalue weighted by atomic mass is 9.93. The summed E-state index contributed by atoms with van der Waals surface area (Å²) in [5, 5.41) is 3.64. The molecule has 0 amide bonds. The average molecular weight is 354 g/mol. The number of hydrogen-bond donors (Lipinski definition) is 1. The molecule has 4 heteroatoms. The van der Waals surface area contributed by atoms with Gasteiger partial charge >= 0.3 is 0 Å². The van der Waals surface area contributed by atoms with E-state index in [9.17, 15) is 0 Å². The van der Waals surface area contributed by atoms with E-state index in [1.54, 1.807) is 0 Å². The number of rotatable bonds is 6. The quantitative estimate of drug-likeness (QED) is 0.850. The normalized spacial score (nSPS) is 22.1. The van der Waals surface area contributed by atoms with Crippen LogP contribution >= 0.6 is 15.9 Å². The van der Waals surface area contributed by atoms with E-state index in [0.717, 1.165) is 45.0 Å². The Kier molecular flexibility index (Phi) is 5.19. The van der Waals surface area contributed by atoms with Gasteiger partial charge < -0.3 is 14.8 Å². The molecule has 2 atom stereocenters. The Bertz CT molecular complexity index is 486. The molecule has 0 radical (unpaired) electrons. The highest BCUT2D eigenvalue weighted by Gasteiger charge is 2.23. The summed E-state index contributed by atoms with van der Waals surface area (Å²) in [5.74, 6) is 1.83. The van der Waals surface area contributed by atoms with Crippen molar-refractivity contribution >= 4 is 15.9 Å². The molecular formula is C17H24BrNO2. The lowest BCUT2D eigenvalue weighted by Gasteiger charge is -2.22. The molecule has 1 aromatic carbocycles. The molecule has 2 heterocycles. The van der Waals surface area contributed by atoms with Gasteiger partial charge in [-0.2, -0.15) is 0 Å². The highest BCUT2D eigenvalue weighted by Crippen LogP contribution is 2.34. The fraction of sp³-hybridized carbons (Fsp3) is 0.647. The highest BCUT2D eigenvalue weighted by atomic mass is 79.9. The van der Waals surface area contributed by atoms with Crippen molar-refractivity contribution in [2.75, 3.05) is 26.4 Å². The Morgan fingerprint density at radius 2 is 2.29 bits per heavy atom. The van der Waals surface area contributed by atoms with Gasteiger partial charge in [-0.05, 0) is 55.0 Å². The molecular weight excluding hydrogens is 330 g/mol. The first-order valence-electron chi connectivity index (χ1n) is 8.01. The molecule has 0 saturated carbocycles. The number of fused-ring (bicyclic) bond motifs is 1. The van der Waals surface area contributed by atoms with Crippen LogP contribution in [0.4, 0.5) is 0 Å². The van der Waals surface area contributed by atoms with Crippen molar-refractivity contribution in [2.24, 2.45) is 5.92 Å². The summed E-state index contributed by atoms with van der Waals surface area (Å²) in [6.45, 7) is 5.87. The first-order chi connectivity index (χ1) is 10.3. The molecule has 116 valence electrons. The fourth-order valence-corrected chi connectivity index (χ4v) is 4.01. The van der Waals surface area contributed by atoms with E-state index in [2.05, 4.69) is 40.3 Å². The van der Waals surface area contributed by atoms with E-state index >= 15 is 0 Å². The van der Waals surface area contributed by atoms with Crippen LogP contribution in [0, 0.1) is 5.92 Å². The first kappa shape index (κ1) is 15.3. The molecule has 1 fully saturated rings. The van der Waals surface area contributed by atoms with E-state index in [1.165, 1.54) is 28.4 Å². The summed E-state index contributed by atoms with van der Waals surface area (Å²) >= 11 is 3.64. The maximum atomic E-state index is 5.86. The van der Waals surface area contributed by atoms with Gasteiger partial charge in [0.25, 0.3) is 0 Å². The van der Waals surface area contributed by atoms with Crippen LogP contribution in [0.25, 0.3) is 0 Å². The van der Waals surface area contributed by atoms with Gasteiger partial charge in [-0.15, -0.1) is 0 Å². The molecule has 1 N–H and O–H groups in total. The van der Waals surface area contributed by atoms with E-state index in [1.807, 2.05) is 0 Å². The van der Waals surface area contributed by atoms with E-state index < -0.39 is 0 Å². The number of hydrogen-bond acceptors (Lipinski definition) is 3. The third-order valence-corrected chi connectivity index (χ3v) is 4.88. The molecule has 0 bridgehead atoms. The lowest BCUT2D eigenvalue weighted by molar-refractivity contribution is 0.181. The number of nitrogens with one attached hydrogen (secondary N) is 1. The van der Waals surface area contributed by atoms with Crippen LogP contribution in [0.2, 0.25) is 0 Å². The second-order valence-corrected chi connectivity index (χ2v) is 6.99. The standard InChI is InChI=1S/C17H24BrNO2/c1-2-19-16(7-12-3-5-20-11-12)10-14-9-15(18)8-13-4-6-21-17(13)14/h8-9,12,16,19H,2-7,10-11H2,1H3. The van der Waals surface area contributed by atoms with Crippen molar-refractivity contribution in [3.05, 3.63) is 27.7 Å². The lowest BCUT2D eigenvalue weighted by Crippen LogP contribution is -2.33. The number of benzene rings is 1. The van der Waals surface area contributed by atoms with Crippen molar-refractivity contribution in [3.63, 3.8) is 0 Å². The van der Waals surface area contributed by atoms with Crippen molar-refractivity contribution < 1.29 is 9.47 Å². The molecule has 1 aromatic rings. The zero-order chi connectivity index (χ0) is 14.7. The minimum Gasteiger partial charge on any atom is -0.493 e. The topological polar surface area (TPSA) is 30.5 Å². The maximum absolute atomic E-state index is 5.86. The molecule has 0 aromatic heterocycles. The average Bonchev–Trinajstić information content (AvgIpc) is 3.09. The van der Waals surface area contributed by atoms with Crippen LogP contribution in [0.3, 0.4) is 0 Å². The Morgan fingerprint density at radius 3 is 3.05 bits per heavy atom. The smallest absolute Gasteiger partial charge is 0.125 e. The van der Waals surface area contributed by atoms with Crippen LogP contribution < -0.4 is 10.1 Å². The summed E-state index contributed by atoms with van der Waals surface area (Å²) in [5.41, 5.74) is 2.68. The summed E-state index contributed by atoms with van der Waals surface area (Å²) in [7, 11) is 0. The van der Waals surface area contributed by atoms with Crippen molar-refractivity contribution in [3.8, 4) is 5.75 Å². The molecule has 2 unspecified atom stereocenters. The third kappa shape index (κ3) is 3.79. The SMILES string of the molecule is CCNC(Cc1cc(Br)cc2c1OCC2)CC1CCOC1. The predicted octanol–water partition coefficient (Wildman–Crippen LogP) is 3.33. The Balaban J connectivity index is 1.72. The van der Waals surface area contributed by atoms with Crippen molar-refractivity contribution in [2.45, 2.75) is 38.6 Å². The van der Waals surface area contributed by atoms with Gasteiger partial charge in [0.05, 0.1) is 6.61 Å². The summed E-state index contributed by atoms with van der Waals surface area (Å²) in [6.07, 6.45) is 4.46. The molecule has 21 heavy (non-hydrogen) atoms. The molecule has 2 aliphatic rings. The van der Waals surface area contributed by atoms with Crippen LogP contribution in [0.1, 0.15) is 30.9 Å². The monoisotopic (exact) mass is 353 g/mol. The van der Waals surface area contributed by atoms with Gasteiger partial charge in [0, 0.05) is 30.1 Å². The second kappa shape index (κ2) is 7.12. The minimum atomic E-state index is 0.504. The van der Waals surface area contributed by atoms with Crippen LogP contribution in [0.5, 0.6) is 5.75 Å². The van der Waals surface area contributed by atoms with Gasteiger partial charge in [-0.1, -0.05) is 22.9 Å². The predicted molar refractivity (Wildman–Crippen MR) is 88.1 cm³/mol. The van der Waals surface area contributed by atoms with Gasteiger partial charge in [0.2, 0.25) is 0 Å². The Morgan fingerprint density at radius 1 is 1.38 bits per heavy atom. The Hall–Kier alpha value is -0.580. The Labute approximate surface area is 135 Å². The molecule has 0 spiro atoms. The highest BCUT2D eigenvalue weighted by molar-refractivity contribution is 9.10. The summed E-state index contributed by atoms with van der Waals surface area (Å²) < 4.78 is 12.5. The third-order valence-electron chi connectivity index (χ3n) is 4.43. The van der Waals surface area contributed by atoms with E-state index in [-0.39, 0.29) is 0 Å². The molecule has 3 nitrogen and oxygen atoms in total. The van der Waals surface area contributed by atoms with Crippen LogP contribution in [0.15, 0.2) is 16.6 Å². The van der Waals surface area contributed by atoms with Crippen molar-refractivity contribution in [1.29, 1.82) is 0 Å². The summed E-state index contributed by atoms with van der Waals surface area (Å²) in [6, 6.07) is 4.92. The maximum Gasteiger partial charge on any atom is 0.125 e. The minimum absolute atomic E-state index is 0.504. The van der Waals surface area contributed by atoms with E-state index in [0.29, 0.717) is 12.0 Å². The zero-order valence-electron chi connectivity index (χ0n) is 12.7. The van der Waals surface area contributed by atoms with Gasteiger partial charge in [-0.25, -0.2) is 0 Å². The van der Waals surface area contributed by atoms with Gasteiger partial charge in [0.15, 0.2) is 0 Å². The second-order valence-electron chi connectivity index (χ2n) is 6.08. The fourth-order valence-electron chi connectivity index (χ4n) is 3.46. The van der Waals surface area contributed by atoms with Crippen LogP contribution in [-0.2, 0) is 17.6 Å². The first-order valence-corrected chi connectivity index (χ1v) is 8.80. The van der Waals surface area contributed by atoms with Gasteiger partial charge in [0.1, 0.15) is 5.75 Å². The number of halogens is 1. The molecule has 3 rings (SSSR count). The molecule has 1 saturated heterocycles. The van der Waals surface area contributed by atoms with Crippen molar-refractivity contribution in [1.82, 2.24) is 5.32 Å². The largest absolute Gasteiger partial charge is 0.493 e. The number of likely N-dealkylation sites (N-methyl/N-ethyl adjacent to an activating group) is 1. The molecule has 0 aliphatic carbocycles. The van der Waals surface area contributed by atoms with E-state index in [4.69, 9.17) is 9.47 Å². The molecule has 2 aliphatic heterocycles. The zero-order valence-corrected chi connectivity index (χ0v) is 14.2.